The van der Waals surface area contributed by atoms with Gasteiger partial charge in [-0.05, 0) is 64.2 Å². The zero-order valence-corrected chi connectivity index (χ0v) is 20.2. The highest BCUT2D eigenvalue weighted by Crippen LogP contribution is 2.29. The Hall–Kier alpha value is -1.86. The van der Waals surface area contributed by atoms with Crippen LogP contribution in [0.1, 0.15) is 37.8 Å². The monoisotopic (exact) mass is 524 g/mol. The lowest BCUT2D eigenvalue weighted by Crippen LogP contribution is -2.48. The second kappa shape index (κ2) is 10.8. The summed E-state index contributed by atoms with van der Waals surface area (Å²) in [5.41, 5.74) is 2.10. The number of ether oxygens (including phenoxy) is 1. The van der Waals surface area contributed by atoms with Crippen molar-refractivity contribution < 1.29 is 14.3 Å². The maximum atomic E-state index is 12.9. The third-order valence-electron chi connectivity index (χ3n) is 4.63. The number of likely N-dealkylation sites (N-methyl/N-ethyl adjacent to an activating group) is 1. The Bertz CT molecular complexity index is 871. The molecule has 0 radical (unpaired) electrons. The fourth-order valence-electron chi connectivity index (χ4n) is 2.84. The van der Waals surface area contributed by atoms with E-state index in [1.807, 2.05) is 42.5 Å². The van der Waals surface area contributed by atoms with E-state index in [1.54, 1.807) is 14.0 Å². The predicted octanol–water partition coefficient (Wildman–Crippen LogP) is 4.88. The molecule has 1 unspecified atom stereocenters. The van der Waals surface area contributed by atoms with Gasteiger partial charge in [-0.1, -0.05) is 48.0 Å². The van der Waals surface area contributed by atoms with Gasteiger partial charge in [0, 0.05) is 18.1 Å². The second-order valence-corrected chi connectivity index (χ2v) is 8.85. The Labute approximate surface area is 189 Å². The molecule has 2 amide bonds. The van der Waals surface area contributed by atoms with Crippen molar-refractivity contribution in [2.24, 2.45) is 0 Å². The lowest BCUT2D eigenvalue weighted by atomic mass is 10.0. The molecule has 0 aliphatic heterocycles. The number of carbonyl (C=O) groups excluding carboxylic acids is 2. The number of benzene rings is 2. The van der Waals surface area contributed by atoms with Crippen molar-refractivity contribution in [1.29, 1.82) is 0 Å². The number of rotatable bonds is 8. The van der Waals surface area contributed by atoms with Crippen LogP contribution in [0.5, 0.6) is 5.75 Å². The number of nitrogens with zero attached hydrogens (tertiary/aromatic N) is 1. The standard InChI is InChI=1S/C22H26Br2N2O3/c1-14(2)17-8-9-20(19(24)11-17)29-13-21(27)26(15(3)22(28)25-4)12-16-6-5-7-18(23)10-16/h5-11,14-15H,12-13H2,1-4H3,(H,25,28). The Morgan fingerprint density at radius 2 is 1.83 bits per heavy atom. The average molecular weight is 526 g/mol. The van der Waals surface area contributed by atoms with Crippen molar-refractivity contribution in [2.45, 2.75) is 39.3 Å². The van der Waals surface area contributed by atoms with Crippen LogP contribution in [0.25, 0.3) is 0 Å². The van der Waals surface area contributed by atoms with E-state index in [9.17, 15) is 9.59 Å². The van der Waals surface area contributed by atoms with Crippen LogP contribution in [0.2, 0.25) is 0 Å². The summed E-state index contributed by atoms with van der Waals surface area (Å²) in [6.45, 7) is 6.10. The number of halogens is 2. The Morgan fingerprint density at radius 1 is 1.10 bits per heavy atom. The van der Waals surface area contributed by atoms with Crippen LogP contribution in [-0.2, 0) is 16.1 Å². The molecule has 2 aromatic carbocycles. The summed E-state index contributed by atoms with van der Waals surface area (Å²) >= 11 is 6.95. The first kappa shape index (κ1) is 23.4. The van der Waals surface area contributed by atoms with Crippen molar-refractivity contribution in [1.82, 2.24) is 10.2 Å². The lowest BCUT2D eigenvalue weighted by molar-refractivity contribution is -0.142. The average Bonchev–Trinajstić information content (AvgIpc) is 2.69. The van der Waals surface area contributed by atoms with Crippen LogP contribution < -0.4 is 10.1 Å². The van der Waals surface area contributed by atoms with Gasteiger partial charge in [-0.3, -0.25) is 9.59 Å². The van der Waals surface area contributed by atoms with Crippen LogP contribution in [-0.4, -0.2) is 36.4 Å². The zero-order chi connectivity index (χ0) is 21.6. The van der Waals surface area contributed by atoms with Crippen LogP contribution in [0, 0.1) is 0 Å². The maximum Gasteiger partial charge on any atom is 0.261 e. The topological polar surface area (TPSA) is 58.6 Å². The van der Waals surface area contributed by atoms with E-state index < -0.39 is 6.04 Å². The number of amides is 2. The van der Waals surface area contributed by atoms with E-state index in [2.05, 4.69) is 51.0 Å². The van der Waals surface area contributed by atoms with E-state index in [4.69, 9.17) is 4.74 Å². The molecule has 156 valence electrons. The first-order valence-electron chi connectivity index (χ1n) is 9.40. The molecule has 2 rings (SSSR count). The first-order valence-corrected chi connectivity index (χ1v) is 11.0. The number of carbonyl (C=O) groups is 2. The second-order valence-electron chi connectivity index (χ2n) is 7.08. The molecule has 0 saturated carbocycles. The van der Waals surface area contributed by atoms with Gasteiger partial charge in [-0.15, -0.1) is 0 Å². The summed E-state index contributed by atoms with van der Waals surface area (Å²) in [6.07, 6.45) is 0. The third-order valence-corrected chi connectivity index (χ3v) is 5.74. The summed E-state index contributed by atoms with van der Waals surface area (Å²) in [4.78, 5) is 26.7. The minimum absolute atomic E-state index is 0.158. The molecule has 5 nitrogen and oxygen atoms in total. The van der Waals surface area contributed by atoms with Gasteiger partial charge < -0.3 is 15.0 Å². The predicted molar refractivity (Wildman–Crippen MR) is 122 cm³/mol. The SMILES string of the molecule is CNC(=O)C(C)N(Cc1cccc(Br)c1)C(=O)COc1ccc(C(C)C)cc1Br. The van der Waals surface area contributed by atoms with Gasteiger partial charge in [-0.25, -0.2) is 0 Å². The van der Waals surface area contributed by atoms with Crippen LogP contribution in [0.4, 0.5) is 0 Å². The van der Waals surface area contributed by atoms with Crippen LogP contribution >= 0.6 is 31.9 Å². The zero-order valence-electron chi connectivity index (χ0n) is 17.0. The lowest BCUT2D eigenvalue weighted by Gasteiger charge is -2.28. The van der Waals surface area contributed by atoms with Gasteiger partial charge >= 0.3 is 0 Å². The fourth-order valence-corrected chi connectivity index (χ4v) is 3.80. The summed E-state index contributed by atoms with van der Waals surface area (Å²) in [6, 6.07) is 12.9. The highest BCUT2D eigenvalue weighted by Gasteiger charge is 2.26. The highest BCUT2D eigenvalue weighted by atomic mass is 79.9. The van der Waals surface area contributed by atoms with E-state index in [1.165, 1.54) is 10.5 Å². The number of hydrogen-bond acceptors (Lipinski definition) is 3. The molecule has 0 heterocycles. The highest BCUT2D eigenvalue weighted by molar-refractivity contribution is 9.10. The number of nitrogens with one attached hydrogen (secondary N) is 1. The Kier molecular flexibility index (Phi) is 8.71. The minimum Gasteiger partial charge on any atom is -0.483 e. The molecule has 29 heavy (non-hydrogen) atoms. The van der Waals surface area contributed by atoms with Gasteiger partial charge in [0.1, 0.15) is 11.8 Å². The minimum atomic E-state index is -0.623. The summed E-state index contributed by atoms with van der Waals surface area (Å²) in [5.74, 6) is 0.505. The van der Waals surface area contributed by atoms with Crippen LogP contribution in [0.15, 0.2) is 51.4 Å². The molecule has 0 bridgehead atoms. The molecule has 2 aromatic rings. The molecule has 0 aliphatic rings. The molecule has 7 heteroatoms. The van der Waals surface area contributed by atoms with Gasteiger partial charge in [0.15, 0.2) is 6.61 Å². The van der Waals surface area contributed by atoms with Crippen LogP contribution in [0.3, 0.4) is 0 Å². The molecule has 1 N–H and O–H groups in total. The maximum absolute atomic E-state index is 12.9. The smallest absolute Gasteiger partial charge is 0.261 e. The van der Waals surface area contributed by atoms with Crippen molar-refractivity contribution in [3.8, 4) is 5.75 Å². The molecule has 0 spiro atoms. The summed E-state index contributed by atoms with van der Waals surface area (Å²) in [5, 5.41) is 2.61. The molecule has 0 fully saturated rings. The van der Waals surface area contributed by atoms with Crippen molar-refractivity contribution >= 4 is 43.7 Å². The van der Waals surface area contributed by atoms with Crippen molar-refractivity contribution in [2.75, 3.05) is 13.7 Å². The quantitative estimate of drug-likeness (QED) is 0.534. The molecule has 0 aromatic heterocycles. The first-order chi connectivity index (χ1) is 13.7. The van der Waals surface area contributed by atoms with Gasteiger partial charge in [-0.2, -0.15) is 0 Å². The molecule has 0 saturated heterocycles. The van der Waals surface area contributed by atoms with E-state index in [-0.39, 0.29) is 18.4 Å². The third kappa shape index (κ3) is 6.57. The Balaban J connectivity index is 2.15. The normalized spacial score (nSPS) is 11.8. The fraction of sp³-hybridized carbons (Fsp3) is 0.364. The van der Waals surface area contributed by atoms with Crippen molar-refractivity contribution in [3.63, 3.8) is 0 Å². The molecule has 1 atom stereocenters. The van der Waals surface area contributed by atoms with Gasteiger partial charge in [0.2, 0.25) is 5.91 Å². The molecule has 0 aliphatic carbocycles. The molecular weight excluding hydrogens is 500 g/mol. The largest absolute Gasteiger partial charge is 0.483 e. The van der Waals surface area contributed by atoms with E-state index >= 15 is 0 Å². The van der Waals surface area contributed by atoms with Crippen molar-refractivity contribution in [3.05, 3.63) is 62.5 Å². The van der Waals surface area contributed by atoms with Gasteiger partial charge in [0.05, 0.1) is 4.47 Å². The van der Waals surface area contributed by atoms with E-state index in [0.29, 0.717) is 18.2 Å². The number of hydrogen-bond donors (Lipinski definition) is 1. The Morgan fingerprint density at radius 3 is 2.41 bits per heavy atom. The van der Waals surface area contributed by atoms with E-state index in [0.717, 1.165) is 14.5 Å². The molecular formula is C22H26Br2N2O3. The van der Waals surface area contributed by atoms with Gasteiger partial charge in [0.25, 0.3) is 5.91 Å². The summed E-state index contributed by atoms with van der Waals surface area (Å²) in [7, 11) is 1.56. The summed E-state index contributed by atoms with van der Waals surface area (Å²) < 4.78 is 7.48.